The molecule has 2 aromatic heterocycles. The maximum atomic E-state index is 6.26. The van der Waals surface area contributed by atoms with Crippen LogP contribution < -0.4 is 9.64 Å². The molecule has 2 aromatic rings. The number of anilines is 1. The van der Waals surface area contributed by atoms with Gasteiger partial charge >= 0.3 is 6.01 Å². The highest BCUT2D eigenvalue weighted by atomic mass is 35.5. The van der Waals surface area contributed by atoms with E-state index in [1.54, 1.807) is 6.20 Å². The zero-order valence-electron chi connectivity index (χ0n) is 12.8. The van der Waals surface area contributed by atoms with Gasteiger partial charge in [0.1, 0.15) is 5.02 Å². The number of rotatable bonds is 4. The third kappa shape index (κ3) is 2.72. The minimum Gasteiger partial charge on any atom is -0.467 e. The number of halogens is 1. The number of hydrogen-bond acceptors (Lipinski definition) is 7. The largest absolute Gasteiger partial charge is 0.467 e. The fourth-order valence-corrected chi connectivity index (χ4v) is 2.75. The Balaban J connectivity index is 1.92. The van der Waals surface area contributed by atoms with E-state index in [1.807, 2.05) is 13.8 Å². The zero-order chi connectivity index (χ0) is 15.7. The summed E-state index contributed by atoms with van der Waals surface area (Å²) in [7, 11) is 1.53. The normalized spacial score (nSPS) is 18.2. The van der Waals surface area contributed by atoms with Crippen LogP contribution in [0.15, 0.2) is 10.7 Å². The van der Waals surface area contributed by atoms with E-state index in [-0.39, 0.29) is 12.0 Å². The molecule has 1 aliphatic heterocycles. The minimum absolute atomic E-state index is 0.00774. The average molecular weight is 324 g/mol. The van der Waals surface area contributed by atoms with Crippen molar-refractivity contribution >= 4 is 17.4 Å². The molecule has 0 radical (unpaired) electrons. The van der Waals surface area contributed by atoms with Crippen molar-refractivity contribution in [3.63, 3.8) is 0 Å². The van der Waals surface area contributed by atoms with Crippen molar-refractivity contribution in [2.75, 3.05) is 18.6 Å². The van der Waals surface area contributed by atoms with Crippen LogP contribution in [0, 0.1) is 0 Å². The summed E-state index contributed by atoms with van der Waals surface area (Å²) in [6.45, 7) is 4.88. The Bertz CT molecular complexity index is 660. The molecule has 1 fully saturated rings. The molecule has 0 bridgehead atoms. The maximum Gasteiger partial charge on any atom is 0.318 e. The van der Waals surface area contributed by atoms with Crippen LogP contribution in [0.5, 0.6) is 6.01 Å². The standard InChI is InChI=1S/C14H18ClN5O2/c1-8(2)13-17-11(19-22-13)10-5-4-6-20(10)12-9(15)7-16-14(18-12)21-3/h7-8,10H,4-6H2,1-3H3. The van der Waals surface area contributed by atoms with Crippen LogP contribution in [0.4, 0.5) is 5.82 Å². The van der Waals surface area contributed by atoms with E-state index in [1.165, 1.54) is 7.11 Å². The first-order valence-corrected chi connectivity index (χ1v) is 7.64. The first-order chi connectivity index (χ1) is 10.6. The predicted octanol–water partition coefficient (Wildman–Crippen LogP) is 2.99. The van der Waals surface area contributed by atoms with E-state index in [4.69, 9.17) is 20.9 Å². The Kier molecular flexibility index (Phi) is 4.15. The van der Waals surface area contributed by atoms with Gasteiger partial charge in [-0.1, -0.05) is 30.6 Å². The predicted molar refractivity (Wildman–Crippen MR) is 81.3 cm³/mol. The van der Waals surface area contributed by atoms with E-state index in [0.717, 1.165) is 19.4 Å². The molecule has 0 N–H and O–H groups in total. The highest BCUT2D eigenvalue weighted by Gasteiger charge is 2.32. The molecule has 0 spiro atoms. The van der Waals surface area contributed by atoms with Crippen molar-refractivity contribution in [3.05, 3.63) is 22.9 Å². The second-order valence-corrected chi connectivity index (χ2v) is 5.93. The quantitative estimate of drug-likeness (QED) is 0.855. The van der Waals surface area contributed by atoms with E-state index in [0.29, 0.717) is 28.6 Å². The SMILES string of the molecule is COc1ncc(Cl)c(N2CCCC2c2noc(C(C)C)n2)n1. The Morgan fingerprint density at radius 1 is 1.41 bits per heavy atom. The van der Waals surface area contributed by atoms with Crippen LogP contribution in [0.1, 0.15) is 50.4 Å². The molecule has 1 atom stereocenters. The monoisotopic (exact) mass is 323 g/mol. The van der Waals surface area contributed by atoms with Crippen molar-refractivity contribution in [2.45, 2.75) is 38.6 Å². The summed E-state index contributed by atoms with van der Waals surface area (Å²) in [5.41, 5.74) is 0. The molecular weight excluding hydrogens is 306 g/mol. The van der Waals surface area contributed by atoms with Gasteiger partial charge in [-0.25, -0.2) is 4.98 Å². The molecule has 3 rings (SSSR count). The van der Waals surface area contributed by atoms with Gasteiger partial charge in [0.05, 0.1) is 19.3 Å². The fourth-order valence-electron chi connectivity index (χ4n) is 2.55. The van der Waals surface area contributed by atoms with Crippen molar-refractivity contribution in [1.82, 2.24) is 20.1 Å². The number of hydrogen-bond donors (Lipinski definition) is 0. The van der Waals surface area contributed by atoms with Crippen LogP contribution in [0.2, 0.25) is 5.02 Å². The molecule has 22 heavy (non-hydrogen) atoms. The minimum atomic E-state index is 0.00774. The lowest BCUT2D eigenvalue weighted by Gasteiger charge is -2.24. The highest BCUT2D eigenvalue weighted by Crippen LogP contribution is 2.37. The molecule has 118 valence electrons. The van der Waals surface area contributed by atoms with Gasteiger partial charge in [0, 0.05) is 12.5 Å². The molecule has 0 amide bonds. The van der Waals surface area contributed by atoms with E-state index >= 15 is 0 Å². The van der Waals surface area contributed by atoms with Gasteiger partial charge < -0.3 is 14.2 Å². The van der Waals surface area contributed by atoms with Crippen LogP contribution in [0.3, 0.4) is 0 Å². The molecule has 8 heteroatoms. The van der Waals surface area contributed by atoms with E-state index in [2.05, 4.69) is 25.0 Å². The van der Waals surface area contributed by atoms with Crippen molar-refractivity contribution in [2.24, 2.45) is 0 Å². The summed E-state index contributed by atoms with van der Waals surface area (Å²) in [6.07, 6.45) is 3.49. The number of methoxy groups -OCH3 is 1. The fraction of sp³-hybridized carbons (Fsp3) is 0.571. The Morgan fingerprint density at radius 3 is 2.91 bits per heavy atom. The summed E-state index contributed by atoms with van der Waals surface area (Å²) in [4.78, 5) is 15.0. The van der Waals surface area contributed by atoms with Gasteiger partial charge in [0.2, 0.25) is 5.89 Å². The Hall–Kier alpha value is -1.89. The molecule has 1 unspecified atom stereocenters. The first-order valence-electron chi connectivity index (χ1n) is 7.26. The van der Waals surface area contributed by atoms with Gasteiger partial charge in [-0.2, -0.15) is 9.97 Å². The third-order valence-corrected chi connectivity index (χ3v) is 3.93. The van der Waals surface area contributed by atoms with E-state index in [9.17, 15) is 0 Å². The second kappa shape index (κ2) is 6.08. The number of ether oxygens (including phenoxy) is 1. The molecule has 0 saturated carbocycles. The van der Waals surface area contributed by atoms with Gasteiger partial charge in [0.15, 0.2) is 11.6 Å². The molecule has 7 nitrogen and oxygen atoms in total. The summed E-state index contributed by atoms with van der Waals surface area (Å²) in [6, 6.07) is 0.300. The molecular formula is C14H18ClN5O2. The second-order valence-electron chi connectivity index (χ2n) is 5.53. The topological polar surface area (TPSA) is 77.2 Å². The molecule has 0 aliphatic carbocycles. The summed E-state index contributed by atoms with van der Waals surface area (Å²) >= 11 is 6.26. The zero-order valence-corrected chi connectivity index (χ0v) is 13.5. The lowest BCUT2D eigenvalue weighted by Crippen LogP contribution is -2.25. The summed E-state index contributed by atoms with van der Waals surface area (Å²) < 4.78 is 10.4. The first kappa shape index (κ1) is 15.0. The number of aromatic nitrogens is 4. The Morgan fingerprint density at radius 2 is 2.23 bits per heavy atom. The van der Waals surface area contributed by atoms with Crippen molar-refractivity contribution in [1.29, 1.82) is 0 Å². The van der Waals surface area contributed by atoms with Crippen LogP contribution in [-0.4, -0.2) is 33.8 Å². The van der Waals surface area contributed by atoms with Crippen molar-refractivity contribution < 1.29 is 9.26 Å². The van der Waals surface area contributed by atoms with Crippen LogP contribution in [-0.2, 0) is 0 Å². The Labute approximate surface area is 133 Å². The lowest BCUT2D eigenvalue weighted by molar-refractivity contribution is 0.357. The summed E-state index contributed by atoms with van der Waals surface area (Å²) in [5, 5.41) is 4.61. The van der Waals surface area contributed by atoms with Crippen LogP contribution >= 0.6 is 11.6 Å². The van der Waals surface area contributed by atoms with Gasteiger partial charge in [-0.3, -0.25) is 0 Å². The van der Waals surface area contributed by atoms with Gasteiger partial charge in [-0.15, -0.1) is 0 Å². The summed E-state index contributed by atoms with van der Waals surface area (Å²) in [5.74, 6) is 2.17. The van der Waals surface area contributed by atoms with Crippen LogP contribution in [0.25, 0.3) is 0 Å². The number of nitrogens with zero attached hydrogens (tertiary/aromatic N) is 5. The molecule has 0 aromatic carbocycles. The molecule has 3 heterocycles. The smallest absolute Gasteiger partial charge is 0.318 e. The highest BCUT2D eigenvalue weighted by molar-refractivity contribution is 6.32. The van der Waals surface area contributed by atoms with E-state index < -0.39 is 0 Å². The maximum absolute atomic E-state index is 6.26. The van der Waals surface area contributed by atoms with Gasteiger partial charge in [-0.05, 0) is 12.8 Å². The molecule has 1 saturated heterocycles. The third-order valence-electron chi connectivity index (χ3n) is 3.66. The lowest BCUT2D eigenvalue weighted by atomic mass is 10.2. The van der Waals surface area contributed by atoms with Crippen molar-refractivity contribution in [3.8, 4) is 6.01 Å². The average Bonchev–Trinajstić information content (AvgIpc) is 3.16. The van der Waals surface area contributed by atoms with Gasteiger partial charge in [0.25, 0.3) is 0 Å². The molecule has 1 aliphatic rings.